The molecule has 118 valence electrons. The molecule has 0 unspecified atom stereocenters. The minimum absolute atomic E-state index is 0.144. The average Bonchev–Trinajstić information content (AvgIpc) is 2.86. The predicted molar refractivity (Wildman–Crippen MR) is 84.6 cm³/mol. The van der Waals surface area contributed by atoms with Gasteiger partial charge in [0.05, 0.1) is 21.5 Å². The number of carbonyl (C=O) groups is 1. The molecule has 2 rings (SSSR count). The van der Waals surface area contributed by atoms with Gasteiger partial charge in [-0.2, -0.15) is 4.80 Å². The lowest BCUT2D eigenvalue weighted by Gasteiger charge is -2.05. The van der Waals surface area contributed by atoms with Crippen LogP contribution in [0.25, 0.3) is 0 Å². The molecule has 0 aliphatic heterocycles. The highest BCUT2D eigenvalue weighted by Crippen LogP contribution is 2.37. The van der Waals surface area contributed by atoms with Gasteiger partial charge >= 0.3 is 5.97 Å². The van der Waals surface area contributed by atoms with Gasteiger partial charge in [-0.1, -0.05) is 23.2 Å². The molecular weight excluding hydrogens is 347 g/mol. The van der Waals surface area contributed by atoms with Gasteiger partial charge in [-0.15, -0.1) is 10.2 Å². The lowest BCUT2D eigenvalue weighted by atomic mass is 10.2. The second kappa shape index (κ2) is 7.80. The van der Waals surface area contributed by atoms with Crippen LogP contribution in [-0.4, -0.2) is 31.3 Å². The van der Waals surface area contributed by atoms with Gasteiger partial charge in [-0.3, -0.25) is 4.79 Å². The Morgan fingerprint density at radius 1 is 1.32 bits per heavy atom. The summed E-state index contributed by atoms with van der Waals surface area (Å²) in [6, 6.07) is 3.65. The molecule has 2 aromatic rings. The third kappa shape index (κ3) is 4.86. The van der Waals surface area contributed by atoms with E-state index in [1.165, 1.54) is 16.6 Å². The molecule has 0 aliphatic carbocycles. The van der Waals surface area contributed by atoms with Crippen LogP contribution >= 0.6 is 35.0 Å². The lowest BCUT2D eigenvalue weighted by molar-refractivity contribution is -0.137. The van der Waals surface area contributed by atoms with Crippen molar-refractivity contribution >= 4 is 40.9 Å². The summed E-state index contributed by atoms with van der Waals surface area (Å²) in [5.74, 6) is -0.800. The van der Waals surface area contributed by atoms with Crippen molar-refractivity contribution in [2.75, 3.05) is 0 Å². The Hall–Kier alpha value is -1.31. The van der Waals surface area contributed by atoms with Gasteiger partial charge in [0.25, 0.3) is 0 Å². The minimum atomic E-state index is -0.800. The molecule has 0 bridgehead atoms. The van der Waals surface area contributed by atoms with Crippen LogP contribution in [0.5, 0.6) is 0 Å². The number of hydrogen-bond acceptors (Lipinski definition) is 5. The fraction of sp³-hybridized carbons (Fsp3) is 0.385. The van der Waals surface area contributed by atoms with Crippen molar-refractivity contribution in [2.45, 2.75) is 42.8 Å². The quantitative estimate of drug-likeness (QED) is 0.758. The maximum absolute atomic E-state index is 10.4. The highest BCUT2D eigenvalue weighted by molar-refractivity contribution is 7.99. The topological polar surface area (TPSA) is 80.9 Å². The number of nitrogens with zero attached hydrogens (tertiary/aromatic N) is 4. The normalized spacial score (nSPS) is 10.9. The first-order chi connectivity index (χ1) is 10.5. The largest absolute Gasteiger partial charge is 0.481 e. The first-order valence-corrected chi connectivity index (χ1v) is 8.16. The van der Waals surface area contributed by atoms with Crippen LogP contribution in [0.15, 0.2) is 22.2 Å². The van der Waals surface area contributed by atoms with Gasteiger partial charge in [0.15, 0.2) is 0 Å². The van der Waals surface area contributed by atoms with E-state index < -0.39 is 5.97 Å². The second-order valence-corrected chi connectivity index (χ2v) is 6.47. The van der Waals surface area contributed by atoms with E-state index in [0.717, 1.165) is 5.56 Å². The van der Waals surface area contributed by atoms with Crippen molar-refractivity contribution in [2.24, 2.45) is 0 Å². The molecule has 0 saturated heterocycles. The third-order valence-electron chi connectivity index (χ3n) is 2.77. The molecule has 22 heavy (non-hydrogen) atoms. The highest BCUT2D eigenvalue weighted by Gasteiger charge is 2.12. The summed E-state index contributed by atoms with van der Waals surface area (Å²) in [5.41, 5.74) is 0.981. The zero-order chi connectivity index (χ0) is 16.1. The van der Waals surface area contributed by atoms with Crippen molar-refractivity contribution in [1.82, 2.24) is 20.2 Å². The molecule has 0 fully saturated rings. The summed E-state index contributed by atoms with van der Waals surface area (Å²) in [5, 5.41) is 22.2. The van der Waals surface area contributed by atoms with Gasteiger partial charge in [0.1, 0.15) is 0 Å². The first kappa shape index (κ1) is 17.1. The Kier molecular flexibility index (Phi) is 6.05. The summed E-state index contributed by atoms with van der Waals surface area (Å²) >= 11 is 13.6. The van der Waals surface area contributed by atoms with Crippen LogP contribution in [-0.2, 0) is 11.3 Å². The van der Waals surface area contributed by atoms with Crippen molar-refractivity contribution in [1.29, 1.82) is 0 Å². The van der Waals surface area contributed by atoms with E-state index in [4.69, 9.17) is 28.3 Å². The molecular formula is C13H14Cl2N4O2S. The maximum atomic E-state index is 10.4. The van der Waals surface area contributed by atoms with Crippen molar-refractivity contribution in [3.63, 3.8) is 0 Å². The van der Waals surface area contributed by atoms with Crippen molar-refractivity contribution in [3.05, 3.63) is 27.7 Å². The predicted octanol–water partition coefficient (Wildman–Crippen LogP) is 3.69. The molecule has 9 heteroatoms. The molecule has 0 aliphatic rings. The summed E-state index contributed by atoms with van der Waals surface area (Å²) < 4.78 is 0. The number of tetrazole rings is 1. The lowest BCUT2D eigenvalue weighted by Crippen LogP contribution is -2.03. The van der Waals surface area contributed by atoms with Crippen LogP contribution in [0, 0.1) is 6.92 Å². The number of halogens is 2. The van der Waals surface area contributed by atoms with Gasteiger partial charge in [0, 0.05) is 6.42 Å². The van der Waals surface area contributed by atoms with Gasteiger partial charge in [-0.25, -0.2) is 0 Å². The first-order valence-electron chi connectivity index (χ1n) is 6.59. The highest BCUT2D eigenvalue weighted by atomic mass is 35.5. The summed E-state index contributed by atoms with van der Waals surface area (Å²) in [7, 11) is 0. The summed E-state index contributed by atoms with van der Waals surface area (Å²) in [6.07, 6.45) is 1.40. The monoisotopic (exact) mass is 360 g/mol. The van der Waals surface area contributed by atoms with Crippen molar-refractivity contribution < 1.29 is 9.90 Å². The van der Waals surface area contributed by atoms with E-state index in [1.807, 2.05) is 19.1 Å². The van der Waals surface area contributed by atoms with Crippen LogP contribution in [0.2, 0.25) is 10.0 Å². The van der Waals surface area contributed by atoms with E-state index in [2.05, 4.69) is 15.4 Å². The molecule has 0 saturated carbocycles. The van der Waals surface area contributed by atoms with Gasteiger partial charge in [-0.05, 0) is 54.4 Å². The van der Waals surface area contributed by atoms with Crippen LogP contribution in [0.3, 0.4) is 0 Å². The number of aromatic nitrogens is 4. The number of aryl methyl sites for hydroxylation is 2. The maximum Gasteiger partial charge on any atom is 0.303 e. The number of rotatable bonds is 7. The number of carboxylic acids is 1. The number of hydrogen-bond donors (Lipinski definition) is 1. The van der Waals surface area contributed by atoms with E-state index in [-0.39, 0.29) is 6.42 Å². The Labute approximate surface area is 141 Å². The summed E-state index contributed by atoms with van der Waals surface area (Å²) in [4.78, 5) is 12.6. The van der Waals surface area contributed by atoms with E-state index in [9.17, 15) is 4.79 Å². The number of aliphatic carboxylic acids is 1. The third-order valence-corrected chi connectivity index (χ3v) is 4.58. The van der Waals surface area contributed by atoms with E-state index in [0.29, 0.717) is 39.5 Å². The van der Waals surface area contributed by atoms with E-state index >= 15 is 0 Å². The molecule has 1 aromatic heterocycles. The number of carboxylic acid groups (broad SMARTS) is 1. The van der Waals surface area contributed by atoms with E-state index in [1.54, 1.807) is 0 Å². The molecule has 6 nitrogen and oxygen atoms in total. The van der Waals surface area contributed by atoms with Crippen LogP contribution < -0.4 is 0 Å². The molecule has 0 amide bonds. The zero-order valence-electron chi connectivity index (χ0n) is 11.8. The van der Waals surface area contributed by atoms with Gasteiger partial charge < -0.3 is 5.11 Å². The standard InChI is InChI=1S/C13H14Cl2N4O2S/c1-8-6-9(14)12(10(15)7-8)22-13-16-18-19(17-13)5-3-2-4-11(20)21/h6-7H,2-5H2,1H3,(H,20,21). The fourth-order valence-corrected chi connectivity index (χ4v) is 3.30. The fourth-order valence-electron chi connectivity index (χ4n) is 1.77. The minimum Gasteiger partial charge on any atom is -0.481 e. The molecule has 1 aromatic carbocycles. The second-order valence-electron chi connectivity index (χ2n) is 4.68. The Balaban J connectivity index is 1.96. The molecule has 0 atom stereocenters. The van der Waals surface area contributed by atoms with Crippen LogP contribution in [0.1, 0.15) is 24.8 Å². The Morgan fingerprint density at radius 2 is 2.00 bits per heavy atom. The number of benzene rings is 1. The van der Waals surface area contributed by atoms with Gasteiger partial charge in [0.2, 0.25) is 5.16 Å². The molecule has 0 radical (unpaired) electrons. The molecule has 1 N–H and O–H groups in total. The van der Waals surface area contributed by atoms with Crippen molar-refractivity contribution in [3.8, 4) is 0 Å². The zero-order valence-corrected chi connectivity index (χ0v) is 14.1. The van der Waals surface area contributed by atoms with Crippen LogP contribution in [0.4, 0.5) is 0 Å². The Morgan fingerprint density at radius 3 is 2.64 bits per heavy atom. The number of unbranched alkanes of at least 4 members (excludes halogenated alkanes) is 1. The average molecular weight is 361 g/mol. The Bertz CT molecular complexity index is 655. The summed E-state index contributed by atoms with van der Waals surface area (Å²) in [6.45, 7) is 2.44. The molecule has 0 spiro atoms. The molecule has 1 heterocycles. The SMILES string of the molecule is Cc1cc(Cl)c(Sc2nnn(CCCCC(=O)O)n2)c(Cl)c1. The smallest absolute Gasteiger partial charge is 0.303 e.